The number of aliphatic hydroxyl groups is 1. The zero-order chi connectivity index (χ0) is 36.4. The number of carbonyl (C=O) groups is 1. The standard InChI is InChI=1S/C31H30NO.C15H28O2.Ir/c1-19-5-7-25-26-15-20(2)16-27(30(26)33-28(25)17-19)29-24-8-6-22(18-23(24)11-14-32-29)21-9-12-31(3,4)13-10-21;1-7-14(5,8-2)12(16)11-13(17)15(6,9-3)10-4;/h5-8,11,14-15,17-18,21H,9-10,12-13H2,1-4H3;11,16H,7-10H2,1-6H3;/q-1;;/b;12-11-;. The van der Waals surface area contributed by atoms with Gasteiger partial charge in [-0.2, -0.15) is 0 Å². The summed E-state index contributed by atoms with van der Waals surface area (Å²) >= 11 is 0. The zero-order valence-electron chi connectivity index (χ0n) is 32.6. The molecule has 0 atom stereocenters. The third-order valence-electron chi connectivity index (χ3n) is 12.2. The molecule has 2 aromatic heterocycles. The van der Waals surface area contributed by atoms with Crippen LogP contribution in [0.25, 0.3) is 44.0 Å². The zero-order valence-corrected chi connectivity index (χ0v) is 34.9. The van der Waals surface area contributed by atoms with Gasteiger partial charge in [-0.25, -0.2) is 0 Å². The fraction of sp³-hybridized carbons (Fsp3) is 0.478. The van der Waals surface area contributed by atoms with Crippen molar-refractivity contribution in [2.24, 2.45) is 16.2 Å². The van der Waals surface area contributed by atoms with Gasteiger partial charge in [-0.15, -0.1) is 17.7 Å². The van der Waals surface area contributed by atoms with Gasteiger partial charge in [0.1, 0.15) is 11.3 Å². The van der Waals surface area contributed by atoms with Crippen LogP contribution in [0.2, 0.25) is 0 Å². The molecule has 1 radical (unpaired) electrons. The monoisotopic (exact) mass is 865 g/mol. The molecule has 0 bridgehead atoms. The van der Waals surface area contributed by atoms with E-state index >= 15 is 0 Å². The smallest absolute Gasteiger partial charge is 0.164 e. The van der Waals surface area contributed by atoms with E-state index in [1.165, 1.54) is 48.3 Å². The third-order valence-corrected chi connectivity index (χ3v) is 12.2. The average Bonchev–Trinajstić information content (AvgIpc) is 3.47. The number of benzene rings is 3. The number of rotatable bonds is 9. The molecule has 5 aromatic rings. The molecule has 4 nitrogen and oxygen atoms in total. The van der Waals surface area contributed by atoms with Gasteiger partial charge in [-0.1, -0.05) is 104 Å². The maximum atomic E-state index is 12.2. The Morgan fingerprint density at radius 3 is 2.16 bits per heavy atom. The van der Waals surface area contributed by atoms with Crippen molar-refractivity contribution in [1.29, 1.82) is 0 Å². The molecule has 1 N–H and O–H groups in total. The Kier molecular flexibility index (Phi) is 12.8. The number of hydrogen-bond donors (Lipinski definition) is 1. The van der Waals surface area contributed by atoms with E-state index in [0.29, 0.717) is 11.3 Å². The van der Waals surface area contributed by atoms with Crippen LogP contribution in [0.1, 0.15) is 129 Å². The van der Waals surface area contributed by atoms with Crippen molar-refractivity contribution in [2.75, 3.05) is 0 Å². The Morgan fingerprint density at radius 2 is 1.53 bits per heavy atom. The molecule has 6 rings (SSSR count). The van der Waals surface area contributed by atoms with Gasteiger partial charge in [0.25, 0.3) is 0 Å². The summed E-state index contributed by atoms with van der Waals surface area (Å²) in [6, 6.07) is 21.3. The fourth-order valence-electron chi connectivity index (χ4n) is 7.29. The van der Waals surface area contributed by atoms with Crippen molar-refractivity contribution in [3.63, 3.8) is 0 Å². The first kappa shape index (κ1) is 40.5. The molecule has 3 aromatic carbocycles. The van der Waals surface area contributed by atoms with Gasteiger partial charge in [0.05, 0.1) is 5.58 Å². The molecule has 0 saturated heterocycles. The summed E-state index contributed by atoms with van der Waals surface area (Å²) in [4.78, 5) is 17.0. The van der Waals surface area contributed by atoms with E-state index in [1.807, 2.05) is 47.7 Å². The number of aliphatic hydroxyl groups excluding tert-OH is 1. The van der Waals surface area contributed by atoms with Crippen molar-refractivity contribution in [1.82, 2.24) is 4.98 Å². The van der Waals surface area contributed by atoms with Crippen LogP contribution in [0.5, 0.6) is 0 Å². The van der Waals surface area contributed by atoms with Gasteiger partial charge < -0.3 is 14.5 Å². The number of carbonyl (C=O) groups excluding carboxylic acids is 1. The van der Waals surface area contributed by atoms with Gasteiger partial charge in [0, 0.05) is 48.6 Å². The molecule has 0 amide bonds. The predicted molar refractivity (Wildman–Crippen MR) is 211 cm³/mol. The molecular formula is C46H58IrNO3-. The van der Waals surface area contributed by atoms with Crippen LogP contribution in [0.15, 0.2) is 71.0 Å². The van der Waals surface area contributed by atoms with Crippen LogP contribution in [-0.4, -0.2) is 15.9 Å². The predicted octanol–water partition coefficient (Wildman–Crippen LogP) is 13.5. The molecule has 0 unspecified atom stereocenters. The van der Waals surface area contributed by atoms with Crippen LogP contribution in [0.3, 0.4) is 0 Å². The minimum atomic E-state index is -0.337. The van der Waals surface area contributed by atoms with E-state index in [2.05, 4.69) is 82.3 Å². The van der Waals surface area contributed by atoms with Crippen molar-refractivity contribution < 1.29 is 34.4 Å². The van der Waals surface area contributed by atoms with Gasteiger partial charge in [-0.05, 0) is 109 Å². The molecule has 1 saturated carbocycles. The summed E-state index contributed by atoms with van der Waals surface area (Å²) < 4.78 is 6.39. The van der Waals surface area contributed by atoms with E-state index < -0.39 is 0 Å². The molecule has 1 aliphatic rings. The van der Waals surface area contributed by atoms with Crippen molar-refractivity contribution >= 4 is 38.5 Å². The minimum Gasteiger partial charge on any atom is -0.512 e. The van der Waals surface area contributed by atoms with Crippen LogP contribution in [0.4, 0.5) is 0 Å². The summed E-state index contributed by atoms with van der Waals surface area (Å²) in [6.45, 7) is 21.1. The Morgan fingerprint density at radius 1 is 0.902 bits per heavy atom. The van der Waals surface area contributed by atoms with E-state index in [9.17, 15) is 9.90 Å². The quantitative estimate of drug-likeness (QED) is 0.0911. The molecule has 5 heteroatoms. The minimum absolute atomic E-state index is 0. The number of pyridine rings is 1. The SMILES string of the molecule is CCC(C)(CC)C(=O)/C=C(\O)C(C)(CC)CC.Cc1[c-]c(-c2nccc3cc(C4CCC(C)(C)CC4)ccc23)c2oc3cc(C)ccc3c2c1.[Ir]. The molecule has 0 spiro atoms. The van der Waals surface area contributed by atoms with Gasteiger partial charge >= 0.3 is 0 Å². The first-order valence-electron chi connectivity index (χ1n) is 18.9. The van der Waals surface area contributed by atoms with Crippen LogP contribution >= 0.6 is 0 Å². The molecule has 1 fully saturated rings. The van der Waals surface area contributed by atoms with Crippen LogP contribution in [-0.2, 0) is 24.9 Å². The Balaban J connectivity index is 0.000000279. The number of ketones is 1. The van der Waals surface area contributed by atoms with Crippen LogP contribution < -0.4 is 0 Å². The molecule has 51 heavy (non-hydrogen) atoms. The van der Waals surface area contributed by atoms with E-state index in [0.717, 1.165) is 69.8 Å². The summed E-state index contributed by atoms with van der Waals surface area (Å²) in [7, 11) is 0. The summed E-state index contributed by atoms with van der Waals surface area (Å²) in [6.07, 6.45) is 11.9. The second-order valence-electron chi connectivity index (χ2n) is 16.2. The second-order valence-corrected chi connectivity index (χ2v) is 16.2. The van der Waals surface area contributed by atoms with Gasteiger partial charge in [-0.3, -0.25) is 4.79 Å². The Bertz CT molecular complexity index is 2020. The third kappa shape index (κ3) is 8.52. The Hall–Kier alpha value is -3.27. The maximum absolute atomic E-state index is 12.2. The largest absolute Gasteiger partial charge is 0.512 e. The topological polar surface area (TPSA) is 63.3 Å². The number of nitrogens with zero attached hydrogens (tertiary/aromatic N) is 1. The van der Waals surface area contributed by atoms with Gasteiger partial charge in [0.15, 0.2) is 5.78 Å². The molecule has 0 aliphatic heterocycles. The van der Waals surface area contributed by atoms with E-state index in [-0.39, 0.29) is 42.5 Å². The Labute approximate surface area is 319 Å². The summed E-state index contributed by atoms with van der Waals surface area (Å²) in [5.74, 6) is 0.948. The van der Waals surface area contributed by atoms with Crippen LogP contribution in [0, 0.1) is 36.2 Å². The first-order chi connectivity index (χ1) is 23.7. The summed E-state index contributed by atoms with van der Waals surface area (Å²) in [5.41, 5.74) is 7.35. The molecule has 275 valence electrons. The number of allylic oxidation sites excluding steroid dienone is 2. The van der Waals surface area contributed by atoms with Crippen molar-refractivity contribution in [3.05, 3.63) is 89.3 Å². The fourth-order valence-corrected chi connectivity index (χ4v) is 7.29. The van der Waals surface area contributed by atoms with E-state index in [1.54, 1.807) is 0 Å². The first-order valence-corrected chi connectivity index (χ1v) is 18.9. The van der Waals surface area contributed by atoms with Gasteiger partial charge in [0.2, 0.25) is 0 Å². The number of furan rings is 1. The molecule has 1 aliphatic carbocycles. The molecule has 2 heterocycles. The van der Waals surface area contributed by atoms with Crippen molar-refractivity contribution in [2.45, 2.75) is 127 Å². The maximum Gasteiger partial charge on any atom is 0.164 e. The number of fused-ring (bicyclic) bond motifs is 4. The number of aromatic nitrogens is 1. The summed E-state index contributed by atoms with van der Waals surface area (Å²) in [5, 5.41) is 14.8. The normalized spacial score (nSPS) is 15.5. The average molecular weight is 865 g/mol. The second kappa shape index (κ2) is 16.2. The van der Waals surface area contributed by atoms with E-state index in [4.69, 9.17) is 9.40 Å². The molecular weight excluding hydrogens is 807 g/mol. The van der Waals surface area contributed by atoms with Crippen molar-refractivity contribution in [3.8, 4) is 11.3 Å². The number of aryl methyl sites for hydroxylation is 2. The number of hydrogen-bond acceptors (Lipinski definition) is 4.